The molecule has 0 aliphatic heterocycles. The van der Waals surface area contributed by atoms with Gasteiger partial charge >= 0.3 is 4.94 Å². The molecule has 1 aromatic heterocycles. The quantitative estimate of drug-likeness (QED) is 0.600. The summed E-state index contributed by atoms with van der Waals surface area (Å²) in [7, 11) is 0. The molecule has 0 saturated carbocycles. The van der Waals surface area contributed by atoms with Crippen LogP contribution in [0, 0.1) is 6.92 Å². The van der Waals surface area contributed by atoms with Crippen molar-refractivity contribution < 1.29 is 4.42 Å². The molecule has 0 fully saturated rings. The van der Waals surface area contributed by atoms with Gasteiger partial charge in [-0.1, -0.05) is 17.4 Å². The highest BCUT2D eigenvalue weighted by molar-refractivity contribution is 7.16. The van der Waals surface area contributed by atoms with Crippen LogP contribution in [-0.4, -0.2) is 0 Å². The van der Waals surface area contributed by atoms with Gasteiger partial charge in [-0.3, -0.25) is 0 Å². The third-order valence-electron chi connectivity index (χ3n) is 1.49. The number of hydrogen-bond donors (Lipinski definition) is 0. The van der Waals surface area contributed by atoms with Crippen LogP contribution >= 0.6 is 11.3 Å². The summed E-state index contributed by atoms with van der Waals surface area (Å²) in [5.74, 6) is 0. The van der Waals surface area contributed by atoms with Gasteiger partial charge in [0, 0.05) is 0 Å². The van der Waals surface area contributed by atoms with Gasteiger partial charge in [-0.25, -0.2) is 4.79 Å². The SMILES string of the molecule is Cc1ccc2sc(=O)oc2c1. The van der Waals surface area contributed by atoms with Crippen molar-refractivity contribution in [3.05, 3.63) is 33.5 Å². The molecule has 56 valence electrons. The molecule has 3 heteroatoms. The fourth-order valence-electron chi connectivity index (χ4n) is 0.980. The Bertz CT molecular complexity index is 439. The van der Waals surface area contributed by atoms with Crippen molar-refractivity contribution in [2.45, 2.75) is 6.92 Å². The molecule has 2 rings (SSSR count). The Morgan fingerprint density at radius 2 is 2.27 bits per heavy atom. The van der Waals surface area contributed by atoms with Gasteiger partial charge in [-0.15, -0.1) is 0 Å². The first kappa shape index (κ1) is 6.61. The molecule has 0 radical (unpaired) electrons. The molecule has 0 aliphatic carbocycles. The van der Waals surface area contributed by atoms with Gasteiger partial charge in [0.25, 0.3) is 0 Å². The zero-order valence-electron chi connectivity index (χ0n) is 5.96. The molecule has 0 amide bonds. The van der Waals surface area contributed by atoms with Gasteiger partial charge in [0.15, 0.2) is 0 Å². The zero-order chi connectivity index (χ0) is 7.84. The lowest BCUT2D eigenvalue weighted by atomic mass is 10.2. The van der Waals surface area contributed by atoms with Crippen LogP contribution in [0.15, 0.2) is 27.4 Å². The van der Waals surface area contributed by atoms with E-state index in [4.69, 9.17) is 4.42 Å². The Morgan fingerprint density at radius 3 is 3.09 bits per heavy atom. The first-order chi connectivity index (χ1) is 5.25. The molecule has 2 nitrogen and oxygen atoms in total. The Kier molecular flexibility index (Phi) is 1.32. The summed E-state index contributed by atoms with van der Waals surface area (Å²) < 4.78 is 5.83. The molecular formula is C8H6O2S. The average Bonchev–Trinajstić information content (AvgIpc) is 2.27. The van der Waals surface area contributed by atoms with Crippen LogP contribution in [0.5, 0.6) is 0 Å². The molecule has 0 N–H and O–H groups in total. The highest BCUT2D eigenvalue weighted by atomic mass is 32.1. The van der Waals surface area contributed by atoms with Gasteiger partial charge in [-0.05, 0) is 24.6 Å². The first-order valence-electron chi connectivity index (χ1n) is 3.26. The highest BCUT2D eigenvalue weighted by Gasteiger charge is 1.99. The van der Waals surface area contributed by atoms with Crippen LogP contribution in [0.1, 0.15) is 5.56 Å². The van der Waals surface area contributed by atoms with E-state index in [1.807, 2.05) is 25.1 Å². The summed E-state index contributed by atoms with van der Waals surface area (Å²) in [6.45, 7) is 1.97. The number of aryl methyl sites for hydroxylation is 1. The normalized spacial score (nSPS) is 10.6. The lowest BCUT2D eigenvalue weighted by molar-refractivity contribution is 0.585. The zero-order valence-corrected chi connectivity index (χ0v) is 6.77. The molecule has 0 saturated heterocycles. The number of benzene rings is 1. The summed E-state index contributed by atoms with van der Waals surface area (Å²) in [5.41, 5.74) is 1.80. The van der Waals surface area contributed by atoms with Crippen molar-refractivity contribution in [3.63, 3.8) is 0 Å². The lowest BCUT2D eigenvalue weighted by Gasteiger charge is -1.87. The molecule has 1 aromatic carbocycles. The van der Waals surface area contributed by atoms with Crippen molar-refractivity contribution in [2.75, 3.05) is 0 Å². The molecule has 0 atom stereocenters. The van der Waals surface area contributed by atoms with Gasteiger partial charge < -0.3 is 4.42 Å². The van der Waals surface area contributed by atoms with E-state index in [1.165, 1.54) is 0 Å². The van der Waals surface area contributed by atoms with Gasteiger partial charge in [0.2, 0.25) is 0 Å². The summed E-state index contributed by atoms with van der Waals surface area (Å²) in [4.78, 5) is 10.5. The summed E-state index contributed by atoms with van der Waals surface area (Å²) >= 11 is 1.14. The Hall–Kier alpha value is -1.09. The van der Waals surface area contributed by atoms with E-state index in [0.29, 0.717) is 5.58 Å². The van der Waals surface area contributed by atoms with E-state index in [-0.39, 0.29) is 4.94 Å². The maximum Gasteiger partial charge on any atom is 0.396 e. The Morgan fingerprint density at radius 1 is 1.45 bits per heavy atom. The first-order valence-corrected chi connectivity index (χ1v) is 4.08. The number of rotatable bonds is 0. The van der Waals surface area contributed by atoms with Crippen molar-refractivity contribution in [2.24, 2.45) is 0 Å². The van der Waals surface area contributed by atoms with E-state index >= 15 is 0 Å². The van der Waals surface area contributed by atoms with Crippen LogP contribution in [0.4, 0.5) is 0 Å². The Balaban J connectivity index is 2.92. The predicted octanol–water partition coefficient (Wildman–Crippen LogP) is 2.16. The highest BCUT2D eigenvalue weighted by Crippen LogP contribution is 2.17. The second kappa shape index (κ2) is 2.20. The van der Waals surface area contributed by atoms with E-state index in [1.54, 1.807) is 0 Å². The standard InChI is InChI=1S/C8H6O2S/c1-5-2-3-7-6(4-5)10-8(9)11-7/h2-4H,1H3. The lowest BCUT2D eigenvalue weighted by Crippen LogP contribution is -1.79. The minimum absolute atomic E-state index is 0.231. The van der Waals surface area contributed by atoms with Crippen LogP contribution in [0.2, 0.25) is 0 Å². The predicted molar refractivity (Wildman–Crippen MR) is 45.1 cm³/mol. The fourth-order valence-corrected chi connectivity index (χ4v) is 1.63. The third kappa shape index (κ3) is 1.07. The van der Waals surface area contributed by atoms with Crippen LogP contribution in [-0.2, 0) is 0 Å². The molecule has 0 bridgehead atoms. The third-order valence-corrected chi connectivity index (χ3v) is 2.29. The van der Waals surface area contributed by atoms with Crippen molar-refractivity contribution in [1.29, 1.82) is 0 Å². The molecular weight excluding hydrogens is 160 g/mol. The molecule has 0 unspecified atom stereocenters. The minimum atomic E-state index is -0.231. The van der Waals surface area contributed by atoms with Gasteiger partial charge in [0.05, 0.1) is 4.70 Å². The monoisotopic (exact) mass is 166 g/mol. The summed E-state index contributed by atoms with van der Waals surface area (Å²) in [5, 5.41) is 0. The van der Waals surface area contributed by atoms with Crippen LogP contribution in [0.3, 0.4) is 0 Å². The van der Waals surface area contributed by atoms with Crippen LogP contribution < -0.4 is 4.94 Å². The molecule has 11 heavy (non-hydrogen) atoms. The fraction of sp³-hybridized carbons (Fsp3) is 0.125. The Labute approximate surface area is 67.1 Å². The largest absolute Gasteiger partial charge is 0.414 e. The second-order valence-electron chi connectivity index (χ2n) is 2.40. The average molecular weight is 166 g/mol. The van der Waals surface area contributed by atoms with Crippen molar-refractivity contribution in [3.8, 4) is 0 Å². The van der Waals surface area contributed by atoms with Gasteiger partial charge in [-0.2, -0.15) is 0 Å². The van der Waals surface area contributed by atoms with E-state index in [2.05, 4.69) is 0 Å². The molecule has 0 aliphatic rings. The summed E-state index contributed by atoms with van der Waals surface area (Å²) in [6.07, 6.45) is 0. The second-order valence-corrected chi connectivity index (χ2v) is 3.38. The molecule has 0 spiro atoms. The maximum atomic E-state index is 10.8. The number of fused-ring (bicyclic) bond motifs is 1. The van der Waals surface area contributed by atoms with E-state index < -0.39 is 0 Å². The maximum absolute atomic E-state index is 10.8. The van der Waals surface area contributed by atoms with Gasteiger partial charge in [0.1, 0.15) is 5.58 Å². The number of hydrogen-bond acceptors (Lipinski definition) is 3. The molecule has 2 aromatic rings. The molecule has 1 heterocycles. The minimum Gasteiger partial charge on any atom is -0.414 e. The van der Waals surface area contributed by atoms with Crippen LogP contribution in [0.25, 0.3) is 10.3 Å². The van der Waals surface area contributed by atoms with E-state index in [9.17, 15) is 4.79 Å². The van der Waals surface area contributed by atoms with E-state index in [0.717, 1.165) is 21.6 Å². The summed E-state index contributed by atoms with van der Waals surface area (Å²) in [6, 6.07) is 5.74. The van der Waals surface area contributed by atoms with Crippen molar-refractivity contribution >= 4 is 21.6 Å². The van der Waals surface area contributed by atoms with Crippen molar-refractivity contribution in [1.82, 2.24) is 0 Å². The smallest absolute Gasteiger partial charge is 0.396 e. The topological polar surface area (TPSA) is 30.2 Å².